The summed E-state index contributed by atoms with van der Waals surface area (Å²) in [6.45, 7) is 3.33. The zero-order chi connectivity index (χ0) is 28.2. The maximum atomic E-state index is 14.0. The van der Waals surface area contributed by atoms with Gasteiger partial charge in [-0.1, -0.05) is 12.1 Å². The van der Waals surface area contributed by atoms with E-state index >= 15 is 0 Å². The number of benzene rings is 1. The summed E-state index contributed by atoms with van der Waals surface area (Å²) in [5.41, 5.74) is 10.7. The molecule has 0 radical (unpaired) electrons. The van der Waals surface area contributed by atoms with E-state index in [0.29, 0.717) is 38.0 Å². The molecule has 1 aromatic carbocycles. The van der Waals surface area contributed by atoms with E-state index in [0.717, 1.165) is 5.56 Å². The molecule has 4 amide bonds. The molecule has 0 aliphatic carbocycles. The Kier molecular flexibility index (Phi) is 9.34. The number of ether oxygens (including phenoxy) is 1. The summed E-state index contributed by atoms with van der Waals surface area (Å²) in [5.74, 6) is -1.81. The van der Waals surface area contributed by atoms with Gasteiger partial charge < -0.3 is 41.5 Å². The number of primary amides is 1. The van der Waals surface area contributed by atoms with Crippen LogP contribution in [-0.4, -0.2) is 99.7 Å². The molecule has 210 valence electrons. The van der Waals surface area contributed by atoms with Crippen LogP contribution < -0.4 is 21.5 Å². The summed E-state index contributed by atoms with van der Waals surface area (Å²) in [4.78, 5) is 55.7. The molecule has 12 nitrogen and oxygen atoms in total. The van der Waals surface area contributed by atoms with Crippen LogP contribution in [0, 0.1) is 0 Å². The Bertz CT molecular complexity index is 1030. The minimum atomic E-state index is -1.39. The minimum Gasteiger partial charge on any atom is -0.497 e. The van der Waals surface area contributed by atoms with Crippen molar-refractivity contribution in [3.8, 4) is 5.75 Å². The third-order valence-corrected chi connectivity index (χ3v) is 7.53. The van der Waals surface area contributed by atoms with E-state index in [-0.39, 0.29) is 13.0 Å². The maximum Gasteiger partial charge on any atom is 0.247 e. The van der Waals surface area contributed by atoms with Crippen LogP contribution in [0.25, 0.3) is 0 Å². The number of rotatable bonds is 10. The summed E-state index contributed by atoms with van der Waals surface area (Å²) in [6.07, 6.45) is -0.415. The molecule has 2 fully saturated rings. The van der Waals surface area contributed by atoms with E-state index < -0.39 is 59.5 Å². The van der Waals surface area contributed by atoms with Gasteiger partial charge in [0, 0.05) is 19.5 Å². The standard InChI is InChI=1S/C26H39N5O7/c1-15(32)20(27)24(36)30-12-4-6-19(30)23(35)31-13-5-11-26(31,14-17-7-9-18(38-3)10-8-17)25(37)29-21(16(2)33)22(28)34/h7-10,15-16,19-21,32-33H,4-6,11-14,27H2,1-3H3,(H2,28,34)(H,29,37)/t15-,16-,19?,20+,21+,26?/m1/s1. The van der Waals surface area contributed by atoms with E-state index in [1.807, 2.05) is 0 Å². The van der Waals surface area contributed by atoms with E-state index in [2.05, 4.69) is 5.32 Å². The second kappa shape index (κ2) is 12.1. The lowest BCUT2D eigenvalue weighted by Crippen LogP contribution is -2.65. The van der Waals surface area contributed by atoms with Crippen LogP contribution in [0.5, 0.6) is 5.75 Å². The number of amides is 4. The predicted octanol–water partition coefficient (Wildman–Crippen LogP) is -1.35. The summed E-state index contributed by atoms with van der Waals surface area (Å²) in [7, 11) is 1.54. The SMILES string of the molecule is COc1ccc(CC2(C(=O)N[C@H](C(N)=O)[C@@H](C)O)CCCN2C(=O)C2CCCN2C(=O)[C@@H](N)[C@@H](C)O)cc1. The van der Waals surface area contributed by atoms with Crippen molar-refractivity contribution in [2.75, 3.05) is 20.2 Å². The fourth-order valence-corrected chi connectivity index (χ4v) is 5.35. The molecule has 2 aliphatic rings. The van der Waals surface area contributed by atoms with Crippen LogP contribution in [0.4, 0.5) is 0 Å². The first kappa shape index (κ1) is 29.3. The molecule has 0 spiro atoms. The van der Waals surface area contributed by atoms with Gasteiger partial charge in [-0.3, -0.25) is 19.2 Å². The fourth-order valence-electron chi connectivity index (χ4n) is 5.35. The van der Waals surface area contributed by atoms with E-state index in [1.165, 1.54) is 23.6 Å². The monoisotopic (exact) mass is 533 g/mol. The molecule has 0 bridgehead atoms. The zero-order valence-electron chi connectivity index (χ0n) is 22.1. The van der Waals surface area contributed by atoms with Crippen LogP contribution in [0.1, 0.15) is 45.1 Å². The van der Waals surface area contributed by atoms with Crippen molar-refractivity contribution in [3.05, 3.63) is 29.8 Å². The number of carbonyl (C=O) groups is 4. The summed E-state index contributed by atoms with van der Waals surface area (Å²) < 4.78 is 5.23. The topological polar surface area (TPSA) is 189 Å². The Balaban J connectivity index is 1.98. The van der Waals surface area contributed by atoms with Crippen molar-refractivity contribution in [1.29, 1.82) is 0 Å². The first-order valence-corrected chi connectivity index (χ1v) is 12.9. The molecule has 3 rings (SSSR count). The molecule has 38 heavy (non-hydrogen) atoms. The van der Waals surface area contributed by atoms with Gasteiger partial charge in [0.25, 0.3) is 0 Å². The van der Waals surface area contributed by atoms with Crippen LogP contribution in [0.15, 0.2) is 24.3 Å². The number of hydrogen-bond acceptors (Lipinski definition) is 8. The molecular formula is C26H39N5O7. The Labute approximate surface area is 222 Å². The van der Waals surface area contributed by atoms with Gasteiger partial charge in [-0.15, -0.1) is 0 Å². The molecule has 1 aromatic rings. The van der Waals surface area contributed by atoms with Crippen LogP contribution >= 0.6 is 0 Å². The van der Waals surface area contributed by atoms with Gasteiger partial charge in [0.1, 0.15) is 29.4 Å². The highest BCUT2D eigenvalue weighted by Crippen LogP contribution is 2.36. The minimum absolute atomic E-state index is 0.133. The number of carbonyl (C=O) groups excluding carboxylic acids is 4. The first-order valence-electron chi connectivity index (χ1n) is 12.9. The Morgan fingerprint density at radius 2 is 1.76 bits per heavy atom. The van der Waals surface area contributed by atoms with Crippen molar-refractivity contribution in [2.24, 2.45) is 11.5 Å². The van der Waals surface area contributed by atoms with Crippen LogP contribution in [0.2, 0.25) is 0 Å². The number of likely N-dealkylation sites (tertiary alicyclic amines) is 2. The van der Waals surface area contributed by atoms with Crippen molar-refractivity contribution in [1.82, 2.24) is 15.1 Å². The molecule has 7 N–H and O–H groups in total. The number of aliphatic hydroxyl groups excluding tert-OH is 2. The van der Waals surface area contributed by atoms with E-state index in [9.17, 15) is 29.4 Å². The van der Waals surface area contributed by atoms with Gasteiger partial charge in [0.05, 0.1) is 19.3 Å². The number of nitrogens with one attached hydrogen (secondary N) is 1. The summed E-state index contributed by atoms with van der Waals surface area (Å²) >= 11 is 0. The average molecular weight is 534 g/mol. The molecule has 0 saturated carbocycles. The predicted molar refractivity (Wildman–Crippen MR) is 138 cm³/mol. The lowest BCUT2D eigenvalue weighted by atomic mass is 9.86. The van der Waals surface area contributed by atoms with Crippen molar-refractivity contribution in [3.63, 3.8) is 0 Å². The maximum absolute atomic E-state index is 14.0. The van der Waals surface area contributed by atoms with Crippen molar-refractivity contribution >= 4 is 23.6 Å². The van der Waals surface area contributed by atoms with Gasteiger partial charge in [0.15, 0.2) is 0 Å². The molecule has 2 heterocycles. The lowest BCUT2D eigenvalue weighted by Gasteiger charge is -2.41. The number of methoxy groups -OCH3 is 1. The number of nitrogens with two attached hydrogens (primary N) is 2. The molecule has 0 aromatic heterocycles. The highest BCUT2D eigenvalue weighted by atomic mass is 16.5. The quantitative estimate of drug-likeness (QED) is 0.244. The molecule has 2 aliphatic heterocycles. The third kappa shape index (κ3) is 5.92. The number of aliphatic hydroxyl groups is 2. The molecular weight excluding hydrogens is 494 g/mol. The number of nitrogens with zero attached hydrogens (tertiary/aromatic N) is 2. The largest absolute Gasteiger partial charge is 0.497 e. The van der Waals surface area contributed by atoms with Gasteiger partial charge in [-0.25, -0.2) is 0 Å². The lowest BCUT2D eigenvalue weighted by molar-refractivity contribution is -0.152. The van der Waals surface area contributed by atoms with Crippen LogP contribution in [0.3, 0.4) is 0 Å². The summed E-state index contributed by atoms with van der Waals surface area (Å²) in [6, 6.07) is 3.73. The molecule has 2 unspecified atom stereocenters. The van der Waals surface area contributed by atoms with Crippen molar-refractivity contribution < 1.29 is 34.1 Å². The smallest absolute Gasteiger partial charge is 0.247 e. The van der Waals surface area contributed by atoms with Crippen molar-refractivity contribution in [2.45, 2.75) is 81.8 Å². The second-order valence-electron chi connectivity index (χ2n) is 10.2. The third-order valence-electron chi connectivity index (χ3n) is 7.53. The zero-order valence-corrected chi connectivity index (χ0v) is 22.1. The number of hydrogen-bond donors (Lipinski definition) is 5. The molecule has 2 saturated heterocycles. The Morgan fingerprint density at radius 1 is 1.11 bits per heavy atom. The Morgan fingerprint density at radius 3 is 2.32 bits per heavy atom. The molecule has 6 atom stereocenters. The van der Waals surface area contributed by atoms with Gasteiger partial charge >= 0.3 is 0 Å². The molecule has 12 heteroatoms. The van der Waals surface area contributed by atoms with E-state index in [4.69, 9.17) is 16.2 Å². The second-order valence-corrected chi connectivity index (χ2v) is 10.2. The highest BCUT2D eigenvalue weighted by molar-refractivity contribution is 5.98. The van der Waals surface area contributed by atoms with E-state index in [1.54, 1.807) is 31.4 Å². The highest BCUT2D eigenvalue weighted by Gasteiger charge is 2.53. The fraction of sp³-hybridized carbons (Fsp3) is 0.615. The average Bonchev–Trinajstić information content (AvgIpc) is 3.54. The van der Waals surface area contributed by atoms with Crippen LogP contribution in [-0.2, 0) is 25.6 Å². The first-order chi connectivity index (χ1) is 17.9. The summed E-state index contributed by atoms with van der Waals surface area (Å²) in [5, 5.41) is 22.5. The van der Waals surface area contributed by atoms with Gasteiger partial charge in [-0.2, -0.15) is 0 Å². The van der Waals surface area contributed by atoms with Gasteiger partial charge in [-0.05, 0) is 57.2 Å². The normalized spacial score (nSPS) is 24.4. The van der Waals surface area contributed by atoms with Gasteiger partial charge in [0.2, 0.25) is 23.6 Å². The Hall–Kier alpha value is -3.22.